The van der Waals surface area contributed by atoms with E-state index in [0.717, 1.165) is 48.6 Å². The molecule has 0 aliphatic carbocycles. The second kappa shape index (κ2) is 8.23. The zero-order valence-corrected chi connectivity index (χ0v) is 17.1. The van der Waals surface area contributed by atoms with Gasteiger partial charge in [-0.15, -0.1) is 10.2 Å². The molecule has 0 fully saturated rings. The third-order valence-electron chi connectivity index (χ3n) is 5.26. The lowest BCUT2D eigenvalue weighted by Gasteiger charge is -2.12. The van der Waals surface area contributed by atoms with Gasteiger partial charge in [-0.2, -0.15) is 0 Å². The Morgan fingerprint density at radius 2 is 2.00 bits per heavy atom. The van der Waals surface area contributed by atoms with E-state index in [1.165, 1.54) is 24.6 Å². The maximum atomic E-state index is 12.7. The van der Waals surface area contributed by atoms with Crippen LogP contribution in [0, 0.1) is 17.0 Å². The van der Waals surface area contributed by atoms with Crippen LogP contribution in [0.4, 0.5) is 11.4 Å². The Morgan fingerprint density at radius 3 is 2.77 bits per heavy atom. The number of nitro groups is 1. The molecule has 0 saturated heterocycles. The average molecular weight is 426 g/mol. The summed E-state index contributed by atoms with van der Waals surface area (Å²) >= 11 is 6.09. The lowest BCUT2D eigenvalue weighted by molar-refractivity contribution is -0.384. The van der Waals surface area contributed by atoms with E-state index in [1.807, 2.05) is 25.1 Å². The van der Waals surface area contributed by atoms with E-state index in [1.54, 1.807) is 0 Å². The molecule has 1 aromatic heterocycles. The minimum Gasteiger partial charge on any atom is -0.322 e. The molecule has 2 aromatic carbocycles. The van der Waals surface area contributed by atoms with Crippen molar-refractivity contribution in [3.63, 3.8) is 0 Å². The number of anilines is 1. The predicted octanol–water partition coefficient (Wildman–Crippen LogP) is 4.79. The van der Waals surface area contributed by atoms with Crippen molar-refractivity contribution >= 4 is 28.9 Å². The predicted molar refractivity (Wildman–Crippen MR) is 114 cm³/mol. The summed E-state index contributed by atoms with van der Waals surface area (Å²) in [7, 11) is 0. The Bertz CT molecular complexity index is 1140. The number of carbonyl (C=O) groups excluding carboxylic acids is 1. The number of amides is 1. The number of rotatable bonds is 4. The molecule has 3 aromatic rings. The van der Waals surface area contributed by atoms with Gasteiger partial charge < -0.3 is 9.88 Å². The number of aryl methyl sites for hydroxylation is 2. The fourth-order valence-electron chi connectivity index (χ4n) is 3.59. The Labute approximate surface area is 178 Å². The molecular weight excluding hydrogens is 406 g/mol. The molecule has 1 aliphatic rings. The molecule has 0 unspecified atom stereocenters. The number of aromatic nitrogens is 3. The van der Waals surface area contributed by atoms with Gasteiger partial charge in [0.15, 0.2) is 5.82 Å². The normalized spacial score (nSPS) is 13.4. The van der Waals surface area contributed by atoms with Crippen LogP contribution in [0.2, 0.25) is 5.02 Å². The van der Waals surface area contributed by atoms with E-state index < -0.39 is 10.8 Å². The molecular formula is C21H20ClN5O3. The number of carbonyl (C=O) groups is 1. The number of benzene rings is 2. The molecule has 1 amide bonds. The van der Waals surface area contributed by atoms with Crippen LogP contribution in [0.3, 0.4) is 0 Å². The summed E-state index contributed by atoms with van der Waals surface area (Å²) in [5.41, 5.74) is 2.37. The molecule has 1 N–H and O–H groups in total. The summed E-state index contributed by atoms with van der Waals surface area (Å²) < 4.78 is 2.15. The maximum Gasteiger partial charge on any atom is 0.270 e. The topological polar surface area (TPSA) is 103 Å². The zero-order chi connectivity index (χ0) is 21.3. The van der Waals surface area contributed by atoms with Crippen LogP contribution in [0.5, 0.6) is 0 Å². The van der Waals surface area contributed by atoms with Gasteiger partial charge in [-0.3, -0.25) is 14.9 Å². The van der Waals surface area contributed by atoms with Crippen molar-refractivity contribution in [2.45, 2.75) is 39.2 Å². The first-order chi connectivity index (χ1) is 14.4. The summed E-state index contributed by atoms with van der Waals surface area (Å²) in [6, 6.07) is 9.54. The summed E-state index contributed by atoms with van der Waals surface area (Å²) in [5, 5.41) is 22.5. The Balaban J connectivity index is 1.63. The Morgan fingerprint density at radius 1 is 1.17 bits per heavy atom. The summed E-state index contributed by atoms with van der Waals surface area (Å²) in [6.45, 7) is 2.77. The van der Waals surface area contributed by atoms with E-state index in [4.69, 9.17) is 11.6 Å². The molecule has 0 spiro atoms. The molecule has 0 atom stereocenters. The molecule has 1 aliphatic heterocycles. The molecule has 8 nitrogen and oxygen atoms in total. The highest BCUT2D eigenvalue weighted by molar-refractivity contribution is 6.34. The largest absolute Gasteiger partial charge is 0.322 e. The average Bonchev–Trinajstić information content (AvgIpc) is 2.97. The van der Waals surface area contributed by atoms with Gasteiger partial charge in [0.2, 0.25) is 0 Å². The SMILES string of the molecule is Cc1ccc(-c2nnc3n2CCCCC3)cc1NC(=O)c1ccc([N+](=O)[O-])cc1Cl. The summed E-state index contributed by atoms with van der Waals surface area (Å²) in [6.07, 6.45) is 4.30. The van der Waals surface area contributed by atoms with Crippen molar-refractivity contribution in [1.29, 1.82) is 0 Å². The first-order valence-electron chi connectivity index (χ1n) is 9.72. The number of nitro benzene ring substituents is 1. The number of non-ortho nitro benzene ring substituents is 1. The zero-order valence-electron chi connectivity index (χ0n) is 16.4. The fourth-order valence-corrected chi connectivity index (χ4v) is 3.85. The van der Waals surface area contributed by atoms with Crippen molar-refractivity contribution in [1.82, 2.24) is 14.8 Å². The Hall–Kier alpha value is -3.26. The number of hydrogen-bond acceptors (Lipinski definition) is 5. The number of nitrogens with zero attached hydrogens (tertiary/aromatic N) is 4. The second-order valence-corrected chi connectivity index (χ2v) is 7.71. The number of nitrogens with one attached hydrogen (secondary N) is 1. The summed E-state index contributed by atoms with van der Waals surface area (Å²) in [4.78, 5) is 23.1. The number of hydrogen-bond donors (Lipinski definition) is 1. The molecule has 9 heteroatoms. The van der Waals surface area contributed by atoms with Gasteiger partial charge in [0.05, 0.1) is 15.5 Å². The van der Waals surface area contributed by atoms with Crippen molar-refractivity contribution in [3.8, 4) is 11.4 Å². The van der Waals surface area contributed by atoms with Gasteiger partial charge >= 0.3 is 0 Å². The van der Waals surface area contributed by atoms with Gasteiger partial charge in [0.25, 0.3) is 11.6 Å². The molecule has 2 heterocycles. The van der Waals surface area contributed by atoms with Gasteiger partial charge in [0.1, 0.15) is 5.82 Å². The van der Waals surface area contributed by atoms with Gasteiger partial charge in [-0.25, -0.2) is 0 Å². The van der Waals surface area contributed by atoms with E-state index in [2.05, 4.69) is 20.1 Å². The standard InChI is InChI=1S/C21H20ClN5O3/c1-13-6-7-14(20-25-24-19-5-3-2-4-10-26(19)20)11-18(13)23-21(28)16-9-8-15(27(29)30)12-17(16)22/h6-9,11-12H,2-5,10H2,1H3,(H,23,28). The Kier molecular flexibility index (Phi) is 5.50. The third kappa shape index (κ3) is 3.91. The first kappa shape index (κ1) is 20.0. The van der Waals surface area contributed by atoms with Gasteiger partial charge in [-0.1, -0.05) is 30.2 Å². The maximum absolute atomic E-state index is 12.7. The van der Waals surface area contributed by atoms with E-state index in [9.17, 15) is 14.9 Å². The van der Waals surface area contributed by atoms with E-state index in [0.29, 0.717) is 5.69 Å². The molecule has 30 heavy (non-hydrogen) atoms. The van der Waals surface area contributed by atoms with Crippen LogP contribution >= 0.6 is 11.6 Å². The van der Waals surface area contributed by atoms with Crippen LogP contribution in [0.15, 0.2) is 36.4 Å². The highest BCUT2D eigenvalue weighted by Crippen LogP contribution is 2.28. The van der Waals surface area contributed by atoms with Crippen LogP contribution < -0.4 is 5.32 Å². The highest BCUT2D eigenvalue weighted by atomic mass is 35.5. The third-order valence-corrected chi connectivity index (χ3v) is 5.57. The minimum atomic E-state index is -0.553. The smallest absolute Gasteiger partial charge is 0.270 e. The van der Waals surface area contributed by atoms with Crippen LogP contribution in [-0.4, -0.2) is 25.6 Å². The van der Waals surface area contributed by atoms with Crippen molar-refractivity contribution in [2.75, 3.05) is 5.32 Å². The number of fused-ring (bicyclic) bond motifs is 1. The second-order valence-electron chi connectivity index (χ2n) is 7.31. The van der Waals surface area contributed by atoms with Gasteiger partial charge in [0, 0.05) is 36.3 Å². The molecule has 0 radical (unpaired) electrons. The van der Waals surface area contributed by atoms with Crippen LogP contribution in [0.25, 0.3) is 11.4 Å². The van der Waals surface area contributed by atoms with Crippen molar-refractivity contribution in [3.05, 3.63) is 68.5 Å². The van der Waals surface area contributed by atoms with Crippen LogP contribution in [0.1, 0.15) is 41.0 Å². The fraction of sp³-hybridized carbons (Fsp3) is 0.286. The van der Waals surface area contributed by atoms with Gasteiger partial charge in [-0.05, 0) is 37.5 Å². The lowest BCUT2D eigenvalue weighted by Crippen LogP contribution is -2.13. The van der Waals surface area contributed by atoms with E-state index in [-0.39, 0.29) is 16.3 Å². The van der Waals surface area contributed by atoms with Crippen molar-refractivity contribution < 1.29 is 9.72 Å². The quantitative estimate of drug-likeness (QED) is 0.478. The molecule has 154 valence electrons. The minimum absolute atomic E-state index is 0.0262. The van der Waals surface area contributed by atoms with Crippen LogP contribution in [-0.2, 0) is 13.0 Å². The molecule has 0 saturated carbocycles. The monoisotopic (exact) mass is 425 g/mol. The summed E-state index contributed by atoms with van der Waals surface area (Å²) in [5.74, 6) is 1.34. The highest BCUT2D eigenvalue weighted by Gasteiger charge is 2.19. The molecule has 0 bridgehead atoms. The first-order valence-corrected chi connectivity index (χ1v) is 10.1. The van der Waals surface area contributed by atoms with Crippen molar-refractivity contribution in [2.24, 2.45) is 0 Å². The number of halogens is 1. The molecule has 4 rings (SSSR count). The van der Waals surface area contributed by atoms with E-state index >= 15 is 0 Å². The lowest BCUT2D eigenvalue weighted by atomic mass is 10.1.